The highest BCUT2D eigenvalue weighted by atomic mass is 32.1. The zero-order valence-electron chi connectivity index (χ0n) is 32.0. The van der Waals surface area contributed by atoms with Gasteiger partial charge in [0, 0.05) is 53.3 Å². The van der Waals surface area contributed by atoms with Gasteiger partial charge in [0.05, 0.1) is 5.69 Å². The summed E-state index contributed by atoms with van der Waals surface area (Å²) in [6.45, 7) is 0. The van der Waals surface area contributed by atoms with Gasteiger partial charge in [-0.05, 0) is 111 Å². The molecule has 0 aliphatic rings. The summed E-state index contributed by atoms with van der Waals surface area (Å²) in [6.07, 6.45) is 0. The highest BCUT2D eigenvalue weighted by Crippen LogP contribution is 2.46. The van der Waals surface area contributed by atoms with Crippen molar-refractivity contribution in [3.63, 3.8) is 0 Å². The molecule has 59 heavy (non-hydrogen) atoms. The largest absolute Gasteiger partial charge is 0.455 e. The lowest BCUT2D eigenvalue weighted by molar-refractivity contribution is 0.673. The first-order chi connectivity index (χ1) is 29.2. The van der Waals surface area contributed by atoms with E-state index in [2.05, 4.69) is 217 Å². The summed E-state index contributed by atoms with van der Waals surface area (Å²) >= 11 is 1.86. The van der Waals surface area contributed by atoms with E-state index in [9.17, 15) is 0 Å². The molecule has 0 N–H and O–H groups in total. The molecule has 0 aliphatic carbocycles. The molecule has 0 atom stereocenters. The topological polar surface area (TPSA) is 16.4 Å². The van der Waals surface area contributed by atoms with Crippen LogP contribution in [-0.2, 0) is 0 Å². The molecule has 0 amide bonds. The van der Waals surface area contributed by atoms with Crippen molar-refractivity contribution in [2.24, 2.45) is 0 Å². The van der Waals surface area contributed by atoms with E-state index in [-0.39, 0.29) is 0 Å². The fourth-order valence-electron chi connectivity index (χ4n) is 9.00. The quantitative estimate of drug-likeness (QED) is 0.167. The lowest BCUT2D eigenvalue weighted by atomic mass is 9.95. The minimum atomic E-state index is 0.883. The second-order valence-corrected chi connectivity index (χ2v) is 16.3. The van der Waals surface area contributed by atoms with Crippen molar-refractivity contribution in [1.29, 1.82) is 0 Å². The number of nitrogens with zero attached hydrogens (tertiary/aromatic N) is 1. The molecule has 10 aromatic carbocycles. The summed E-state index contributed by atoms with van der Waals surface area (Å²) in [5, 5.41) is 9.63. The van der Waals surface area contributed by atoms with E-state index in [1.807, 2.05) is 11.3 Å². The molecular weight excluding hydrogens is 735 g/mol. The Morgan fingerprint density at radius 3 is 1.93 bits per heavy atom. The Kier molecular flexibility index (Phi) is 7.75. The van der Waals surface area contributed by atoms with Crippen LogP contribution in [0, 0.1) is 0 Å². The van der Waals surface area contributed by atoms with Gasteiger partial charge >= 0.3 is 0 Å². The number of hydrogen-bond acceptors (Lipinski definition) is 3. The Morgan fingerprint density at radius 1 is 0.356 bits per heavy atom. The van der Waals surface area contributed by atoms with Crippen LogP contribution < -0.4 is 4.90 Å². The molecule has 276 valence electrons. The van der Waals surface area contributed by atoms with Crippen LogP contribution >= 0.6 is 11.3 Å². The van der Waals surface area contributed by atoms with Crippen LogP contribution in [0.3, 0.4) is 0 Å². The summed E-state index contributed by atoms with van der Waals surface area (Å²) in [4.78, 5) is 2.41. The van der Waals surface area contributed by atoms with Gasteiger partial charge in [-0.3, -0.25) is 0 Å². The van der Waals surface area contributed by atoms with Crippen molar-refractivity contribution in [2.45, 2.75) is 0 Å². The first-order valence-electron chi connectivity index (χ1n) is 20.1. The van der Waals surface area contributed by atoms with Crippen molar-refractivity contribution in [3.05, 3.63) is 212 Å². The first-order valence-corrected chi connectivity index (χ1v) is 20.9. The molecule has 0 spiro atoms. The molecule has 0 radical (unpaired) electrons. The van der Waals surface area contributed by atoms with Crippen molar-refractivity contribution in [2.75, 3.05) is 4.90 Å². The Hall–Kier alpha value is -7.46. The number of thiophene rings is 1. The summed E-state index contributed by atoms with van der Waals surface area (Å²) in [5.41, 5.74) is 12.1. The van der Waals surface area contributed by atoms with E-state index in [0.717, 1.165) is 55.5 Å². The number of hydrogen-bond donors (Lipinski definition) is 0. The molecule has 0 fully saturated rings. The van der Waals surface area contributed by atoms with Gasteiger partial charge in [0.25, 0.3) is 0 Å². The van der Waals surface area contributed by atoms with Crippen LogP contribution in [0.5, 0.6) is 0 Å². The Morgan fingerprint density at radius 2 is 1.02 bits per heavy atom. The predicted octanol–water partition coefficient (Wildman–Crippen LogP) is 16.7. The molecule has 0 aliphatic heterocycles. The molecule has 12 aromatic rings. The number of fused-ring (bicyclic) bond motifs is 9. The lowest BCUT2D eigenvalue weighted by Crippen LogP contribution is -2.11. The summed E-state index contributed by atoms with van der Waals surface area (Å²) in [7, 11) is 0. The van der Waals surface area contributed by atoms with E-state index in [4.69, 9.17) is 4.42 Å². The molecule has 0 saturated heterocycles. The average Bonchev–Trinajstić information content (AvgIpc) is 3.88. The number of rotatable bonds is 6. The Labute approximate surface area is 345 Å². The number of anilines is 3. The van der Waals surface area contributed by atoms with Gasteiger partial charge in [-0.15, -0.1) is 11.3 Å². The van der Waals surface area contributed by atoms with Gasteiger partial charge in [-0.25, -0.2) is 0 Å². The molecule has 3 heteroatoms. The molecule has 0 bridgehead atoms. The molecule has 0 saturated carbocycles. The smallest absolute Gasteiger partial charge is 0.143 e. The first kappa shape index (κ1) is 33.7. The lowest BCUT2D eigenvalue weighted by Gasteiger charge is -2.28. The molecule has 12 rings (SSSR count). The molecule has 2 aromatic heterocycles. The third-order valence-corrected chi connectivity index (χ3v) is 13.0. The maximum absolute atomic E-state index is 6.68. The van der Waals surface area contributed by atoms with Crippen molar-refractivity contribution >= 4 is 92.1 Å². The van der Waals surface area contributed by atoms with Gasteiger partial charge < -0.3 is 9.32 Å². The molecule has 0 unspecified atom stereocenters. The third-order valence-electron chi connectivity index (χ3n) is 11.8. The second-order valence-electron chi connectivity index (χ2n) is 15.3. The van der Waals surface area contributed by atoms with Gasteiger partial charge in [0.1, 0.15) is 11.2 Å². The second kappa shape index (κ2) is 13.6. The van der Waals surface area contributed by atoms with E-state index < -0.39 is 0 Å². The summed E-state index contributed by atoms with van der Waals surface area (Å²) in [6, 6.07) is 77.1. The van der Waals surface area contributed by atoms with Gasteiger partial charge in [-0.1, -0.05) is 146 Å². The fourth-order valence-corrected chi connectivity index (χ4v) is 10.1. The zero-order chi connectivity index (χ0) is 38.9. The molecule has 2 heterocycles. The van der Waals surface area contributed by atoms with Crippen LogP contribution in [0.1, 0.15) is 0 Å². The predicted molar refractivity (Wildman–Crippen MR) is 253 cm³/mol. The molecular formula is C56H35NOS. The number of para-hydroxylation sites is 1. The van der Waals surface area contributed by atoms with Gasteiger partial charge in [-0.2, -0.15) is 0 Å². The maximum atomic E-state index is 6.68. The normalized spacial score (nSPS) is 11.7. The Bertz CT molecular complexity index is 3570. The van der Waals surface area contributed by atoms with E-state index in [1.54, 1.807) is 0 Å². The Balaban J connectivity index is 1.04. The van der Waals surface area contributed by atoms with Gasteiger partial charge in [0.15, 0.2) is 0 Å². The van der Waals surface area contributed by atoms with Crippen molar-refractivity contribution < 1.29 is 4.42 Å². The van der Waals surface area contributed by atoms with E-state index >= 15 is 0 Å². The highest BCUT2D eigenvalue weighted by Gasteiger charge is 2.21. The van der Waals surface area contributed by atoms with Crippen LogP contribution in [-0.4, -0.2) is 0 Å². The SMILES string of the molecule is c1cc(-c2ccc3ccccc3c2)cc(N(c2ccc(-c3ccc4sc5ccccc5c4c3)cc2)c2ccccc2-c2cccc3oc4c5ccccc5ccc4c23)c1. The fraction of sp³-hybridized carbons (Fsp3) is 0. The van der Waals surface area contributed by atoms with Crippen molar-refractivity contribution in [3.8, 4) is 33.4 Å². The summed E-state index contributed by atoms with van der Waals surface area (Å²) < 4.78 is 9.32. The minimum Gasteiger partial charge on any atom is -0.455 e. The third kappa shape index (κ3) is 5.62. The summed E-state index contributed by atoms with van der Waals surface area (Å²) in [5.74, 6) is 0. The zero-order valence-corrected chi connectivity index (χ0v) is 32.8. The van der Waals surface area contributed by atoms with Crippen LogP contribution in [0.4, 0.5) is 17.1 Å². The number of furan rings is 1. The average molecular weight is 770 g/mol. The minimum absolute atomic E-state index is 0.883. The monoisotopic (exact) mass is 769 g/mol. The van der Waals surface area contributed by atoms with Crippen LogP contribution in [0.15, 0.2) is 217 Å². The standard InChI is InChI=1S/C56H35NOS/c1-2-13-39-33-41(24-23-36(39)11-1)40-14-9-15-44(34-40)57(43-29-25-37(26-30-43)42-28-32-54-50(35-42)47-18-6-8-22-53(47)59-54)51-20-7-5-17-46(51)48-19-10-21-52-55(48)49-31-27-38-12-3-4-16-45(38)56(49)58-52/h1-35H. The molecule has 2 nitrogen and oxygen atoms in total. The van der Waals surface area contributed by atoms with E-state index in [1.165, 1.54) is 58.6 Å². The van der Waals surface area contributed by atoms with Gasteiger partial charge in [0.2, 0.25) is 0 Å². The van der Waals surface area contributed by atoms with Crippen LogP contribution in [0.25, 0.3) is 97.0 Å². The maximum Gasteiger partial charge on any atom is 0.143 e. The van der Waals surface area contributed by atoms with Crippen LogP contribution in [0.2, 0.25) is 0 Å². The highest BCUT2D eigenvalue weighted by molar-refractivity contribution is 7.25. The van der Waals surface area contributed by atoms with Crippen molar-refractivity contribution in [1.82, 2.24) is 0 Å². The number of benzene rings is 10. The van der Waals surface area contributed by atoms with E-state index in [0.29, 0.717) is 0 Å².